The Balaban J connectivity index is 2.26. The molecule has 98 valence electrons. The van der Waals surface area contributed by atoms with E-state index in [9.17, 15) is 17.6 Å². The van der Waals surface area contributed by atoms with E-state index in [1.807, 2.05) is 0 Å². The molecule has 0 amide bonds. The molecule has 1 aromatic carbocycles. The molecule has 4 nitrogen and oxygen atoms in total. The number of carbonyl (C=O) groups is 1. The predicted molar refractivity (Wildman–Crippen MR) is 67.2 cm³/mol. The summed E-state index contributed by atoms with van der Waals surface area (Å²) < 4.78 is 36.1. The van der Waals surface area contributed by atoms with E-state index in [0.717, 1.165) is 6.07 Å². The average molecular weight is 271 g/mol. The molecule has 1 aromatic rings. The Bertz CT molecular complexity index is 571. The zero-order valence-electron chi connectivity index (χ0n) is 9.97. The van der Waals surface area contributed by atoms with Crippen LogP contribution in [-0.4, -0.2) is 39.3 Å². The normalized spacial score (nSPS) is 21.8. The zero-order chi connectivity index (χ0) is 13.3. The highest BCUT2D eigenvalue weighted by atomic mass is 32.2. The molecule has 0 bridgehead atoms. The van der Waals surface area contributed by atoms with E-state index >= 15 is 0 Å². The van der Waals surface area contributed by atoms with Gasteiger partial charge in [0.15, 0.2) is 9.84 Å². The summed E-state index contributed by atoms with van der Waals surface area (Å²) in [6, 6.07) is 3.85. The smallest absolute Gasteiger partial charge is 0.152 e. The van der Waals surface area contributed by atoms with Gasteiger partial charge in [-0.05, 0) is 24.6 Å². The van der Waals surface area contributed by atoms with E-state index in [4.69, 9.17) is 0 Å². The molecule has 0 aromatic heterocycles. The van der Waals surface area contributed by atoms with Gasteiger partial charge >= 0.3 is 0 Å². The number of halogens is 1. The highest BCUT2D eigenvalue weighted by Gasteiger charge is 2.30. The molecule has 0 aliphatic carbocycles. The van der Waals surface area contributed by atoms with Crippen LogP contribution in [0.3, 0.4) is 0 Å². The maximum Gasteiger partial charge on any atom is 0.152 e. The van der Waals surface area contributed by atoms with Gasteiger partial charge in [0, 0.05) is 24.3 Å². The van der Waals surface area contributed by atoms with Crippen molar-refractivity contribution < 1.29 is 17.6 Å². The number of aldehydes is 1. The number of rotatable bonds is 3. The van der Waals surface area contributed by atoms with E-state index in [1.165, 1.54) is 6.07 Å². The third-order valence-electron chi connectivity index (χ3n) is 3.20. The molecule has 1 unspecified atom stereocenters. The summed E-state index contributed by atoms with van der Waals surface area (Å²) in [4.78, 5) is 12.4. The molecule has 0 spiro atoms. The van der Waals surface area contributed by atoms with Gasteiger partial charge in [0.05, 0.1) is 11.5 Å². The van der Waals surface area contributed by atoms with Crippen LogP contribution in [0.4, 0.5) is 10.1 Å². The van der Waals surface area contributed by atoms with Gasteiger partial charge in [-0.1, -0.05) is 0 Å². The minimum absolute atomic E-state index is 0.0798. The van der Waals surface area contributed by atoms with Gasteiger partial charge in [-0.25, -0.2) is 12.8 Å². The molecule has 1 aliphatic heterocycles. The Labute approximate surface area is 105 Å². The first-order valence-electron chi connectivity index (χ1n) is 5.60. The Kier molecular flexibility index (Phi) is 3.38. The number of hydrogen-bond acceptors (Lipinski definition) is 4. The maximum atomic E-state index is 13.3. The van der Waals surface area contributed by atoms with Crippen molar-refractivity contribution in [3.63, 3.8) is 0 Å². The second-order valence-corrected chi connectivity index (χ2v) is 6.76. The van der Waals surface area contributed by atoms with Crippen LogP contribution in [0.5, 0.6) is 0 Å². The van der Waals surface area contributed by atoms with Gasteiger partial charge in [0.1, 0.15) is 12.1 Å². The summed E-state index contributed by atoms with van der Waals surface area (Å²) in [5.74, 6) is -0.254. The molecule has 2 rings (SSSR count). The lowest BCUT2D eigenvalue weighted by atomic mass is 10.1. The van der Waals surface area contributed by atoms with Crippen molar-refractivity contribution >= 4 is 21.8 Å². The lowest BCUT2D eigenvalue weighted by molar-refractivity contribution is 0.112. The van der Waals surface area contributed by atoms with E-state index < -0.39 is 15.7 Å². The summed E-state index contributed by atoms with van der Waals surface area (Å²) in [5.41, 5.74) is 0.775. The highest BCUT2D eigenvalue weighted by Crippen LogP contribution is 2.24. The lowest BCUT2D eigenvalue weighted by Crippen LogP contribution is -2.32. The fourth-order valence-electron chi connectivity index (χ4n) is 2.16. The number of sulfone groups is 1. The molecule has 1 saturated heterocycles. The van der Waals surface area contributed by atoms with Gasteiger partial charge in [-0.3, -0.25) is 4.79 Å². The molecule has 6 heteroatoms. The van der Waals surface area contributed by atoms with Crippen LogP contribution in [0.15, 0.2) is 18.2 Å². The molecule has 0 N–H and O–H groups in total. The van der Waals surface area contributed by atoms with Crippen molar-refractivity contribution in [3.05, 3.63) is 29.6 Å². The molecule has 18 heavy (non-hydrogen) atoms. The Hall–Kier alpha value is -1.43. The number of hydrogen-bond donors (Lipinski definition) is 0. The van der Waals surface area contributed by atoms with Gasteiger partial charge in [0.25, 0.3) is 0 Å². The number of nitrogens with zero attached hydrogens (tertiary/aromatic N) is 1. The standard InChI is InChI=1S/C12H14FNO3S/c1-14(11-2-3-18(16,17)8-11)12-5-9(7-15)4-10(13)6-12/h4-7,11H,2-3,8H2,1H3. The molecule has 1 fully saturated rings. The van der Waals surface area contributed by atoms with Crippen molar-refractivity contribution in [1.29, 1.82) is 0 Å². The van der Waals surface area contributed by atoms with Gasteiger partial charge in [-0.15, -0.1) is 0 Å². The quantitative estimate of drug-likeness (QED) is 0.777. The molecule has 0 radical (unpaired) electrons. The molecule has 1 atom stereocenters. The van der Waals surface area contributed by atoms with Crippen LogP contribution >= 0.6 is 0 Å². The first-order valence-corrected chi connectivity index (χ1v) is 7.42. The van der Waals surface area contributed by atoms with Crippen molar-refractivity contribution in [3.8, 4) is 0 Å². The Morgan fingerprint density at radius 3 is 2.67 bits per heavy atom. The van der Waals surface area contributed by atoms with Crippen molar-refractivity contribution in [2.75, 3.05) is 23.5 Å². The van der Waals surface area contributed by atoms with E-state index in [0.29, 0.717) is 18.4 Å². The summed E-state index contributed by atoms with van der Waals surface area (Å²) in [5, 5.41) is 0. The average Bonchev–Trinajstić information content (AvgIpc) is 2.67. The third-order valence-corrected chi connectivity index (χ3v) is 4.95. The van der Waals surface area contributed by atoms with Gasteiger partial charge in [-0.2, -0.15) is 0 Å². The zero-order valence-corrected chi connectivity index (χ0v) is 10.8. The van der Waals surface area contributed by atoms with Crippen LogP contribution in [0.2, 0.25) is 0 Å². The fourth-order valence-corrected chi connectivity index (χ4v) is 3.93. The van der Waals surface area contributed by atoms with Crippen LogP contribution in [-0.2, 0) is 9.84 Å². The van der Waals surface area contributed by atoms with Crippen molar-refractivity contribution in [2.24, 2.45) is 0 Å². The lowest BCUT2D eigenvalue weighted by Gasteiger charge is -2.25. The van der Waals surface area contributed by atoms with Crippen LogP contribution in [0.1, 0.15) is 16.8 Å². The van der Waals surface area contributed by atoms with E-state index in [2.05, 4.69) is 0 Å². The molecule has 0 saturated carbocycles. The second kappa shape index (κ2) is 4.68. The fraction of sp³-hybridized carbons (Fsp3) is 0.417. The van der Waals surface area contributed by atoms with E-state index in [1.54, 1.807) is 18.0 Å². The SMILES string of the molecule is CN(c1cc(F)cc(C=O)c1)C1CCS(=O)(=O)C1. The summed E-state index contributed by atoms with van der Waals surface area (Å²) >= 11 is 0. The number of anilines is 1. The van der Waals surface area contributed by atoms with E-state index in [-0.39, 0.29) is 23.1 Å². The minimum atomic E-state index is -2.98. The van der Waals surface area contributed by atoms with Crippen LogP contribution in [0, 0.1) is 5.82 Å². The summed E-state index contributed by atoms with van der Waals surface area (Å²) in [6.45, 7) is 0. The Morgan fingerprint density at radius 1 is 1.39 bits per heavy atom. The summed E-state index contributed by atoms with van der Waals surface area (Å²) in [6.07, 6.45) is 1.11. The maximum absolute atomic E-state index is 13.3. The highest BCUT2D eigenvalue weighted by molar-refractivity contribution is 7.91. The molecule has 1 heterocycles. The first kappa shape index (κ1) is 13.0. The van der Waals surface area contributed by atoms with Gasteiger partial charge < -0.3 is 4.90 Å². The Morgan fingerprint density at radius 2 is 2.11 bits per heavy atom. The predicted octanol–water partition coefficient (Wildman–Crippen LogP) is 1.26. The minimum Gasteiger partial charge on any atom is -0.370 e. The number of benzene rings is 1. The van der Waals surface area contributed by atoms with Crippen LogP contribution < -0.4 is 4.90 Å². The first-order chi connectivity index (χ1) is 8.41. The summed E-state index contributed by atoms with van der Waals surface area (Å²) in [7, 11) is -1.26. The number of carbonyl (C=O) groups excluding carboxylic acids is 1. The van der Waals surface area contributed by atoms with Crippen LogP contribution in [0.25, 0.3) is 0 Å². The second-order valence-electron chi connectivity index (χ2n) is 4.53. The van der Waals surface area contributed by atoms with Crippen molar-refractivity contribution in [1.82, 2.24) is 0 Å². The molecular formula is C12H14FNO3S. The topological polar surface area (TPSA) is 54.5 Å². The molecule has 1 aliphatic rings. The third kappa shape index (κ3) is 2.69. The largest absolute Gasteiger partial charge is 0.370 e. The molecular weight excluding hydrogens is 257 g/mol. The van der Waals surface area contributed by atoms with Crippen molar-refractivity contribution in [2.45, 2.75) is 12.5 Å². The monoisotopic (exact) mass is 271 g/mol. The van der Waals surface area contributed by atoms with Gasteiger partial charge in [0.2, 0.25) is 0 Å².